The first-order valence-electron chi connectivity index (χ1n) is 6.66. The van der Waals surface area contributed by atoms with Gasteiger partial charge in [-0.15, -0.1) is 16.8 Å². The van der Waals surface area contributed by atoms with E-state index in [0.717, 1.165) is 21.5 Å². The Morgan fingerprint density at radius 3 is 2.81 bits per heavy atom. The van der Waals surface area contributed by atoms with Gasteiger partial charge in [-0.2, -0.15) is 0 Å². The van der Waals surface area contributed by atoms with E-state index in [1.165, 1.54) is 28.7 Å². The molecule has 0 saturated carbocycles. The molecule has 4 nitrogen and oxygen atoms in total. The Balaban J connectivity index is 1.87. The molecular formula is C15H17N3OS2. The smallest absolute Gasteiger partial charge is 0.206 e. The number of thioether (sulfide) groups is 1. The van der Waals surface area contributed by atoms with E-state index in [2.05, 4.69) is 29.0 Å². The quantitative estimate of drug-likeness (QED) is 0.457. The van der Waals surface area contributed by atoms with Gasteiger partial charge < -0.3 is 5.32 Å². The Bertz CT molecular complexity index is 608. The molecule has 2 rings (SSSR count). The molecule has 1 N–H and O–H groups in total. The molecule has 1 heterocycles. The number of nitrogens with one attached hydrogen (secondary N) is 1. The highest BCUT2D eigenvalue weighted by molar-refractivity contribution is 8.01. The minimum Gasteiger partial charge on any atom is -0.357 e. The summed E-state index contributed by atoms with van der Waals surface area (Å²) >= 11 is 2.86. The van der Waals surface area contributed by atoms with Crippen LogP contribution in [0.15, 0.2) is 41.3 Å². The number of Topliss-reactive ketones (excluding diaryl/α,β-unsaturated/α-hetero) is 1. The first kappa shape index (κ1) is 15.7. The predicted octanol–water partition coefficient (Wildman–Crippen LogP) is 3.67. The zero-order chi connectivity index (χ0) is 15.1. The molecule has 2 aromatic rings. The largest absolute Gasteiger partial charge is 0.357 e. The van der Waals surface area contributed by atoms with E-state index in [9.17, 15) is 4.79 Å². The van der Waals surface area contributed by atoms with Crippen molar-refractivity contribution in [1.82, 2.24) is 10.2 Å². The number of benzene rings is 1. The lowest BCUT2D eigenvalue weighted by atomic mass is 10.1. The van der Waals surface area contributed by atoms with Crippen LogP contribution in [0.3, 0.4) is 0 Å². The van der Waals surface area contributed by atoms with Crippen molar-refractivity contribution in [3.05, 3.63) is 48.0 Å². The van der Waals surface area contributed by atoms with Gasteiger partial charge in [-0.05, 0) is 12.0 Å². The summed E-state index contributed by atoms with van der Waals surface area (Å²) in [6, 6.07) is 7.78. The maximum Gasteiger partial charge on any atom is 0.206 e. The molecule has 0 radical (unpaired) electrons. The lowest BCUT2D eigenvalue weighted by Gasteiger charge is -2.01. The summed E-state index contributed by atoms with van der Waals surface area (Å²) in [5, 5.41) is 11.9. The van der Waals surface area contributed by atoms with Gasteiger partial charge in [-0.25, -0.2) is 0 Å². The molecule has 110 valence electrons. The van der Waals surface area contributed by atoms with E-state index < -0.39 is 0 Å². The molecule has 0 spiro atoms. The van der Waals surface area contributed by atoms with Gasteiger partial charge in [0.05, 0.1) is 5.75 Å². The van der Waals surface area contributed by atoms with Crippen LogP contribution < -0.4 is 5.32 Å². The molecule has 0 amide bonds. The number of hydrogen-bond acceptors (Lipinski definition) is 6. The molecule has 0 bridgehead atoms. The standard InChI is InChI=1S/C15H17N3OS2/c1-3-9-16-14-17-18-15(21-14)20-10-13(19)12-7-5-11(4-2)6-8-12/h3,5-8H,1,4,9-10H2,2H3,(H,16,17). The monoisotopic (exact) mass is 319 g/mol. The summed E-state index contributed by atoms with van der Waals surface area (Å²) in [6.45, 7) is 6.38. The van der Waals surface area contributed by atoms with Crippen LogP contribution >= 0.6 is 23.1 Å². The van der Waals surface area contributed by atoms with E-state index in [1.807, 2.05) is 24.3 Å². The SMILES string of the molecule is C=CCNc1nnc(SCC(=O)c2ccc(CC)cc2)s1. The second-order valence-corrected chi connectivity index (χ2v) is 6.51. The maximum atomic E-state index is 12.1. The number of rotatable bonds is 8. The van der Waals surface area contributed by atoms with Crippen molar-refractivity contribution in [3.63, 3.8) is 0 Å². The van der Waals surface area contributed by atoms with Gasteiger partial charge in [0, 0.05) is 12.1 Å². The Kier molecular flexibility index (Phi) is 5.95. The second-order valence-electron chi connectivity index (χ2n) is 4.31. The fraction of sp³-hybridized carbons (Fsp3) is 0.267. The summed E-state index contributed by atoms with van der Waals surface area (Å²) in [6.07, 6.45) is 2.74. The fourth-order valence-electron chi connectivity index (χ4n) is 1.64. The van der Waals surface area contributed by atoms with Crippen molar-refractivity contribution in [3.8, 4) is 0 Å². The summed E-state index contributed by atoms with van der Waals surface area (Å²) in [5.41, 5.74) is 1.98. The van der Waals surface area contributed by atoms with E-state index in [1.54, 1.807) is 6.08 Å². The van der Waals surface area contributed by atoms with Crippen LogP contribution in [0.1, 0.15) is 22.8 Å². The second kappa shape index (κ2) is 7.95. The lowest BCUT2D eigenvalue weighted by molar-refractivity contribution is 0.102. The minimum absolute atomic E-state index is 0.110. The van der Waals surface area contributed by atoms with Crippen LogP contribution in [0, 0.1) is 0 Å². The summed E-state index contributed by atoms with van der Waals surface area (Å²) in [7, 11) is 0. The third kappa shape index (κ3) is 4.68. The average Bonchev–Trinajstić information content (AvgIpc) is 2.98. The van der Waals surface area contributed by atoms with Gasteiger partial charge in [-0.3, -0.25) is 4.79 Å². The average molecular weight is 319 g/mol. The highest BCUT2D eigenvalue weighted by Crippen LogP contribution is 2.26. The van der Waals surface area contributed by atoms with Crippen molar-refractivity contribution >= 4 is 34.0 Å². The Hall–Kier alpha value is -1.66. The molecule has 0 aliphatic rings. The zero-order valence-corrected chi connectivity index (χ0v) is 13.5. The van der Waals surface area contributed by atoms with E-state index >= 15 is 0 Å². The molecule has 6 heteroatoms. The molecule has 0 fully saturated rings. The summed E-state index contributed by atoms with van der Waals surface area (Å²) in [4.78, 5) is 12.1. The number of carbonyl (C=O) groups is 1. The van der Waals surface area contributed by atoms with Gasteiger partial charge >= 0.3 is 0 Å². The van der Waals surface area contributed by atoms with Crippen molar-refractivity contribution in [1.29, 1.82) is 0 Å². The van der Waals surface area contributed by atoms with E-state index in [4.69, 9.17) is 0 Å². The zero-order valence-electron chi connectivity index (χ0n) is 11.8. The van der Waals surface area contributed by atoms with Gasteiger partial charge in [0.2, 0.25) is 5.13 Å². The molecule has 1 aromatic heterocycles. The number of aryl methyl sites for hydroxylation is 1. The third-order valence-corrected chi connectivity index (χ3v) is 4.83. The van der Waals surface area contributed by atoms with Gasteiger partial charge in [0.25, 0.3) is 0 Å². The highest BCUT2D eigenvalue weighted by Gasteiger charge is 2.09. The van der Waals surface area contributed by atoms with Gasteiger partial charge in [-0.1, -0.05) is 60.4 Å². The Morgan fingerprint density at radius 2 is 2.14 bits per heavy atom. The van der Waals surface area contributed by atoms with Crippen LogP contribution in [0.5, 0.6) is 0 Å². The predicted molar refractivity (Wildman–Crippen MR) is 89.5 cm³/mol. The van der Waals surface area contributed by atoms with Crippen molar-refractivity contribution in [2.75, 3.05) is 17.6 Å². The first-order chi connectivity index (χ1) is 10.2. The number of carbonyl (C=O) groups excluding carboxylic acids is 1. The first-order valence-corrected chi connectivity index (χ1v) is 8.46. The number of anilines is 1. The molecule has 21 heavy (non-hydrogen) atoms. The van der Waals surface area contributed by atoms with Crippen molar-refractivity contribution in [2.24, 2.45) is 0 Å². The summed E-state index contributed by atoms with van der Waals surface area (Å²) < 4.78 is 0.792. The molecule has 0 aliphatic carbocycles. The third-order valence-electron chi connectivity index (χ3n) is 2.81. The number of hydrogen-bond donors (Lipinski definition) is 1. The molecule has 1 aromatic carbocycles. The van der Waals surface area contributed by atoms with Crippen molar-refractivity contribution < 1.29 is 4.79 Å². The lowest BCUT2D eigenvalue weighted by Crippen LogP contribution is -2.02. The minimum atomic E-state index is 0.110. The Labute approximate surface area is 132 Å². The van der Waals surface area contributed by atoms with E-state index in [0.29, 0.717) is 12.3 Å². The van der Waals surface area contributed by atoms with Crippen LogP contribution in [0.2, 0.25) is 0 Å². The highest BCUT2D eigenvalue weighted by atomic mass is 32.2. The maximum absolute atomic E-state index is 12.1. The molecule has 0 atom stereocenters. The molecule has 0 aliphatic heterocycles. The number of ketones is 1. The van der Waals surface area contributed by atoms with Gasteiger partial charge in [0.15, 0.2) is 10.1 Å². The molecule has 0 unspecified atom stereocenters. The fourth-order valence-corrected chi connectivity index (χ4v) is 3.29. The van der Waals surface area contributed by atoms with Crippen LogP contribution in [0.4, 0.5) is 5.13 Å². The molecular weight excluding hydrogens is 302 g/mol. The molecule has 0 saturated heterocycles. The van der Waals surface area contributed by atoms with E-state index in [-0.39, 0.29) is 5.78 Å². The van der Waals surface area contributed by atoms with Gasteiger partial charge in [0.1, 0.15) is 0 Å². The van der Waals surface area contributed by atoms with Crippen molar-refractivity contribution in [2.45, 2.75) is 17.7 Å². The van der Waals surface area contributed by atoms with Crippen LogP contribution in [0.25, 0.3) is 0 Å². The Morgan fingerprint density at radius 1 is 1.38 bits per heavy atom. The normalized spacial score (nSPS) is 10.3. The topological polar surface area (TPSA) is 54.9 Å². The number of nitrogens with zero attached hydrogens (tertiary/aromatic N) is 2. The van der Waals surface area contributed by atoms with Crippen LogP contribution in [-0.4, -0.2) is 28.3 Å². The summed E-state index contributed by atoms with van der Waals surface area (Å²) in [5.74, 6) is 0.486. The van der Waals surface area contributed by atoms with Crippen LogP contribution in [-0.2, 0) is 6.42 Å². The number of aromatic nitrogens is 2.